The molecule has 8 nitrogen and oxygen atoms in total. The van der Waals surface area contributed by atoms with Crippen LogP contribution >= 0.6 is 12.4 Å². The average Bonchev–Trinajstić information content (AvgIpc) is 3.00. The number of aromatic nitrogens is 1. The summed E-state index contributed by atoms with van der Waals surface area (Å²) in [5.41, 5.74) is 0.563. The number of nitrogens with one attached hydrogen (secondary N) is 3. The maximum Gasteiger partial charge on any atom is 0.407 e. The summed E-state index contributed by atoms with van der Waals surface area (Å²) in [6, 6.07) is 1.49. The third kappa shape index (κ3) is 4.18. The van der Waals surface area contributed by atoms with Gasteiger partial charge in [0.1, 0.15) is 6.10 Å². The standard InChI is InChI=1S/C15H22N4O4.ClH/c1-16-13(20)12-6-10(23-19-12)9-18-14(21)22-11-7-15(8-11)2-4-17-5-3-15;/h6,11,17H,2-5,7-9H2,1H3,(H,16,20)(H,18,21);1H. The molecule has 1 spiro atoms. The maximum atomic E-state index is 11.8. The van der Waals surface area contributed by atoms with Gasteiger partial charge < -0.3 is 25.2 Å². The van der Waals surface area contributed by atoms with Crippen molar-refractivity contribution in [2.45, 2.75) is 38.3 Å². The summed E-state index contributed by atoms with van der Waals surface area (Å²) < 4.78 is 10.4. The SMILES string of the molecule is CNC(=O)c1cc(CNC(=O)OC2CC3(CCNCC3)C2)on1.Cl. The summed E-state index contributed by atoms with van der Waals surface area (Å²) in [7, 11) is 1.51. The lowest BCUT2D eigenvalue weighted by Gasteiger charge is -2.49. The molecular formula is C15H23ClN4O4. The molecule has 134 valence electrons. The highest BCUT2D eigenvalue weighted by Gasteiger charge is 2.46. The van der Waals surface area contributed by atoms with Gasteiger partial charge in [-0.05, 0) is 44.2 Å². The fourth-order valence-electron chi connectivity index (χ4n) is 3.34. The molecule has 0 aromatic carbocycles. The molecule has 1 aliphatic carbocycles. The molecule has 0 atom stereocenters. The lowest BCUT2D eigenvalue weighted by molar-refractivity contribution is -0.0577. The Balaban J connectivity index is 0.00000208. The van der Waals surface area contributed by atoms with Gasteiger partial charge in [0.15, 0.2) is 11.5 Å². The molecule has 2 aliphatic rings. The monoisotopic (exact) mass is 358 g/mol. The summed E-state index contributed by atoms with van der Waals surface area (Å²) in [4.78, 5) is 23.2. The van der Waals surface area contributed by atoms with E-state index in [1.807, 2.05) is 0 Å². The Morgan fingerprint density at radius 2 is 2.12 bits per heavy atom. The molecular weight excluding hydrogens is 336 g/mol. The van der Waals surface area contributed by atoms with Crippen molar-refractivity contribution in [2.24, 2.45) is 5.41 Å². The van der Waals surface area contributed by atoms with Crippen LogP contribution in [0.4, 0.5) is 4.79 Å². The number of hydrogen-bond acceptors (Lipinski definition) is 6. The second kappa shape index (κ2) is 7.85. The number of nitrogens with zero attached hydrogens (tertiary/aromatic N) is 1. The van der Waals surface area contributed by atoms with E-state index in [0.29, 0.717) is 11.2 Å². The van der Waals surface area contributed by atoms with E-state index in [1.54, 1.807) is 0 Å². The Hall–Kier alpha value is -1.80. The van der Waals surface area contributed by atoms with Crippen LogP contribution in [0.1, 0.15) is 41.9 Å². The van der Waals surface area contributed by atoms with Gasteiger partial charge in [-0.2, -0.15) is 0 Å². The molecule has 1 aromatic heterocycles. The van der Waals surface area contributed by atoms with E-state index in [0.717, 1.165) is 38.8 Å². The Bertz CT molecular complexity index is 578. The van der Waals surface area contributed by atoms with Gasteiger partial charge in [0, 0.05) is 13.1 Å². The first-order valence-electron chi connectivity index (χ1n) is 7.93. The smallest absolute Gasteiger partial charge is 0.407 e. The molecule has 0 radical (unpaired) electrons. The number of carbonyl (C=O) groups excluding carboxylic acids is 2. The van der Waals surface area contributed by atoms with Crippen molar-refractivity contribution in [1.29, 1.82) is 0 Å². The third-order valence-electron chi connectivity index (χ3n) is 4.68. The molecule has 3 rings (SSSR count). The number of ether oxygens (including phenoxy) is 1. The number of piperidine rings is 1. The molecule has 1 aliphatic heterocycles. The molecule has 2 heterocycles. The van der Waals surface area contributed by atoms with E-state index in [9.17, 15) is 9.59 Å². The number of carbonyl (C=O) groups is 2. The summed E-state index contributed by atoms with van der Waals surface area (Å²) in [5.74, 6) is 0.0771. The van der Waals surface area contributed by atoms with Crippen molar-refractivity contribution in [3.63, 3.8) is 0 Å². The first-order valence-corrected chi connectivity index (χ1v) is 7.93. The molecule has 1 saturated heterocycles. The topological polar surface area (TPSA) is 105 Å². The van der Waals surface area contributed by atoms with Crippen LogP contribution in [0.25, 0.3) is 0 Å². The number of amides is 2. The van der Waals surface area contributed by atoms with Gasteiger partial charge in [0.2, 0.25) is 0 Å². The van der Waals surface area contributed by atoms with Crippen molar-refractivity contribution in [3.05, 3.63) is 17.5 Å². The van der Waals surface area contributed by atoms with Crippen LogP contribution in [0.3, 0.4) is 0 Å². The highest BCUT2D eigenvalue weighted by molar-refractivity contribution is 5.91. The van der Waals surface area contributed by atoms with Crippen molar-refractivity contribution in [3.8, 4) is 0 Å². The number of alkyl carbamates (subject to hydrolysis) is 1. The lowest BCUT2D eigenvalue weighted by atomic mass is 9.62. The molecule has 24 heavy (non-hydrogen) atoms. The predicted octanol–water partition coefficient (Wildman–Crippen LogP) is 1.21. The summed E-state index contributed by atoms with van der Waals surface area (Å²) in [6.45, 7) is 2.25. The largest absolute Gasteiger partial charge is 0.446 e. The molecule has 0 bridgehead atoms. The molecule has 2 amide bonds. The van der Waals surface area contributed by atoms with Crippen molar-refractivity contribution in [2.75, 3.05) is 20.1 Å². The van der Waals surface area contributed by atoms with Gasteiger partial charge in [0.05, 0.1) is 6.54 Å². The predicted molar refractivity (Wildman–Crippen MR) is 88.0 cm³/mol. The normalized spacial score (nSPS) is 19.0. The average molecular weight is 359 g/mol. The van der Waals surface area contributed by atoms with Gasteiger partial charge in [-0.1, -0.05) is 5.16 Å². The van der Waals surface area contributed by atoms with Crippen molar-refractivity contribution >= 4 is 24.4 Å². The number of rotatable bonds is 4. The number of hydrogen-bond donors (Lipinski definition) is 3. The van der Waals surface area contributed by atoms with Gasteiger partial charge in [-0.15, -0.1) is 12.4 Å². The zero-order valence-corrected chi connectivity index (χ0v) is 14.4. The van der Waals surface area contributed by atoms with Crippen molar-refractivity contribution in [1.82, 2.24) is 21.1 Å². The fourth-order valence-corrected chi connectivity index (χ4v) is 3.34. The van der Waals surface area contributed by atoms with Gasteiger partial charge >= 0.3 is 6.09 Å². The Labute approximate surface area is 146 Å². The van der Waals surface area contributed by atoms with E-state index in [1.165, 1.54) is 13.1 Å². The van der Waals surface area contributed by atoms with E-state index in [4.69, 9.17) is 9.26 Å². The van der Waals surface area contributed by atoms with Crippen LogP contribution in [0, 0.1) is 5.41 Å². The first-order chi connectivity index (χ1) is 11.1. The van der Waals surface area contributed by atoms with Gasteiger partial charge in [-0.25, -0.2) is 4.79 Å². The molecule has 1 saturated carbocycles. The zero-order chi connectivity index (χ0) is 16.3. The highest BCUT2D eigenvalue weighted by atomic mass is 35.5. The van der Waals surface area contributed by atoms with Crippen LogP contribution in [0.15, 0.2) is 10.6 Å². The quantitative estimate of drug-likeness (QED) is 0.747. The van der Waals surface area contributed by atoms with E-state index in [2.05, 4.69) is 21.1 Å². The fraction of sp³-hybridized carbons (Fsp3) is 0.667. The minimum atomic E-state index is -0.461. The Morgan fingerprint density at radius 1 is 1.42 bits per heavy atom. The van der Waals surface area contributed by atoms with Crippen LogP contribution < -0.4 is 16.0 Å². The summed E-state index contributed by atoms with van der Waals surface area (Å²) in [6.07, 6.45) is 3.76. The summed E-state index contributed by atoms with van der Waals surface area (Å²) in [5, 5.41) is 12.0. The molecule has 9 heteroatoms. The lowest BCUT2D eigenvalue weighted by Crippen LogP contribution is -2.49. The van der Waals surface area contributed by atoms with Gasteiger partial charge in [-0.3, -0.25) is 4.79 Å². The molecule has 3 N–H and O–H groups in total. The number of halogens is 1. The third-order valence-corrected chi connectivity index (χ3v) is 4.68. The van der Waals surface area contributed by atoms with Gasteiger partial charge in [0.25, 0.3) is 5.91 Å². The minimum absolute atomic E-state index is 0. The zero-order valence-electron chi connectivity index (χ0n) is 13.6. The second-order valence-electron chi connectivity index (χ2n) is 6.30. The minimum Gasteiger partial charge on any atom is -0.446 e. The second-order valence-corrected chi connectivity index (χ2v) is 6.30. The molecule has 1 aromatic rings. The van der Waals surface area contributed by atoms with Crippen LogP contribution in [-0.2, 0) is 11.3 Å². The van der Waals surface area contributed by atoms with Crippen LogP contribution in [0.2, 0.25) is 0 Å². The van der Waals surface area contributed by atoms with Crippen LogP contribution in [-0.4, -0.2) is 43.4 Å². The van der Waals surface area contributed by atoms with E-state index >= 15 is 0 Å². The highest BCUT2D eigenvalue weighted by Crippen LogP contribution is 2.49. The van der Waals surface area contributed by atoms with E-state index in [-0.39, 0.29) is 36.7 Å². The molecule has 2 fully saturated rings. The van der Waals surface area contributed by atoms with Crippen LogP contribution in [0.5, 0.6) is 0 Å². The maximum absolute atomic E-state index is 11.8. The van der Waals surface area contributed by atoms with E-state index < -0.39 is 6.09 Å². The summed E-state index contributed by atoms with van der Waals surface area (Å²) >= 11 is 0. The first kappa shape index (κ1) is 18.5. The van der Waals surface area contributed by atoms with Crippen molar-refractivity contribution < 1.29 is 18.8 Å². The Morgan fingerprint density at radius 3 is 2.79 bits per heavy atom. The molecule has 0 unspecified atom stereocenters. The Kier molecular flexibility index (Phi) is 6.06.